The molecule has 3 rings (SSSR count). The quantitative estimate of drug-likeness (QED) is 0.816. The van der Waals surface area contributed by atoms with Crippen LogP contribution in [0, 0.1) is 0 Å². The maximum absolute atomic E-state index is 11.7. The number of nitrogens with one attached hydrogen (secondary N) is 1. The van der Waals surface area contributed by atoms with Crippen LogP contribution in [-0.2, 0) is 12.8 Å². The molecule has 0 aromatic heterocycles. The van der Waals surface area contributed by atoms with Crippen LogP contribution >= 0.6 is 0 Å². The molecule has 0 radical (unpaired) electrons. The second kappa shape index (κ2) is 4.21. The summed E-state index contributed by atoms with van der Waals surface area (Å²) in [6.45, 7) is 1.64. The zero-order chi connectivity index (χ0) is 12.7. The smallest absolute Gasteiger partial charge is 0.160 e. The van der Waals surface area contributed by atoms with Crippen LogP contribution in [-0.4, -0.2) is 18.9 Å². The largest absolute Gasteiger partial charge is 0.316 e. The molecular weight excluding hydrogens is 222 g/mol. The van der Waals surface area contributed by atoms with Crippen molar-refractivity contribution < 1.29 is 4.79 Å². The topological polar surface area (TPSA) is 29.1 Å². The van der Waals surface area contributed by atoms with Crippen molar-refractivity contribution in [2.45, 2.75) is 25.8 Å². The molecule has 0 amide bonds. The number of Topliss-reactive ketones (excluding diaryl/α,β-unsaturated/α-hetero) is 1. The number of ketones is 1. The number of hydrogen-bond donors (Lipinski definition) is 1. The van der Waals surface area contributed by atoms with Crippen molar-refractivity contribution in [2.24, 2.45) is 0 Å². The van der Waals surface area contributed by atoms with Crippen LogP contribution < -0.4 is 5.32 Å². The molecule has 0 spiro atoms. The van der Waals surface area contributed by atoms with E-state index in [9.17, 15) is 4.79 Å². The predicted octanol–water partition coefficient (Wildman–Crippen LogP) is 2.73. The molecule has 0 saturated carbocycles. The number of carbonyl (C=O) groups excluding carboxylic acids is 1. The zero-order valence-electron chi connectivity index (χ0n) is 10.8. The third kappa shape index (κ3) is 1.65. The van der Waals surface area contributed by atoms with Crippen molar-refractivity contribution in [1.82, 2.24) is 5.32 Å². The van der Waals surface area contributed by atoms with Gasteiger partial charge in [0.1, 0.15) is 0 Å². The third-order valence-electron chi connectivity index (χ3n) is 3.93. The van der Waals surface area contributed by atoms with Crippen LogP contribution in [0.3, 0.4) is 0 Å². The number of carbonyl (C=O) groups is 1. The molecule has 1 aliphatic rings. The highest BCUT2D eigenvalue weighted by molar-refractivity contribution is 6.08. The van der Waals surface area contributed by atoms with E-state index >= 15 is 0 Å². The van der Waals surface area contributed by atoms with Gasteiger partial charge in [-0.05, 0) is 48.7 Å². The lowest BCUT2D eigenvalue weighted by Gasteiger charge is -2.25. The van der Waals surface area contributed by atoms with Gasteiger partial charge in [-0.3, -0.25) is 4.79 Å². The molecule has 0 fully saturated rings. The maximum atomic E-state index is 11.7. The van der Waals surface area contributed by atoms with E-state index in [0.29, 0.717) is 6.04 Å². The highest BCUT2D eigenvalue weighted by Gasteiger charge is 2.20. The number of hydrogen-bond acceptors (Lipinski definition) is 2. The number of rotatable bonds is 2. The van der Waals surface area contributed by atoms with E-state index in [4.69, 9.17) is 0 Å². The number of benzene rings is 2. The molecule has 0 bridgehead atoms. The van der Waals surface area contributed by atoms with E-state index in [1.54, 1.807) is 6.92 Å². The Bertz CT molecular complexity index is 618. The van der Waals surface area contributed by atoms with Crippen LogP contribution in [0.2, 0.25) is 0 Å². The lowest BCUT2D eigenvalue weighted by atomic mass is 9.84. The summed E-state index contributed by atoms with van der Waals surface area (Å²) in [4.78, 5) is 11.7. The number of likely N-dealkylation sites (N-methyl/N-ethyl adjacent to an activating group) is 1. The van der Waals surface area contributed by atoms with Crippen LogP contribution in [0.5, 0.6) is 0 Å². The Morgan fingerprint density at radius 1 is 1.17 bits per heavy atom. The second-order valence-electron chi connectivity index (χ2n) is 5.06. The Hall–Kier alpha value is -1.67. The SMILES string of the molecule is CNC1Cc2cccc3c(C(C)=O)ccc(c23)C1. The van der Waals surface area contributed by atoms with Crippen LogP contribution in [0.15, 0.2) is 30.3 Å². The zero-order valence-corrected chi connectivity index (χ0v) is 10.8. The molecular formula is C16H17NO. The Balaban J connectivity index is 2.29. The minimum Gasteiger partial charge on any atom is -0.316 e. The molecule has 1 unspecified atom stereocenters. The predicted molar refractivity (Wildman–Crippen MR) is 74.2 cm³/mol. The summed E-state index contributed by atoms with van der Waals surface area (Å²) in [6, 6.07) is 10.9. The third-order valence-corrected chi connectivity index (χ3v) is 3.93. The van der Waals surface area contributed by atoms with Crippen molar-refractivity contribution in [1.29, 1.82) is 0 Å². The normalized spacial score (nSPS) is 18.0. The second-order valence-corrected chi connectivity index (χ2v) is 5.06. The molecule has 0 saturated heterocycles. The van der Waals surface area contributed by atoms with Gasteiger partial charge in [-0.25, -0.2) is 0 Å². The highest BCUT2D eigenvalue weighted by atomic mass is 16.1. The van der Waals surface area contributed by atoms with Crippen molar-refractivity contribution >= 4 is 16.6 Å². The standard InChI is InChI=1S/C16H17NO/c1-10(18)14-7-6-12-9-13(17-2)8-11-4-3-5-15(14)16(11)12/h3-7,13,17H,8-9H2,1-2H3. The van der Waals surface area contributed by atoms with Crippen molar-refractivity contribution in [3.8, 4) is 0 Å². The maximum Gasteiger partial charge on any atom is 0.160 e. The molecule has 92 valence electrons. The summed E-state index contributed by atoms with van der Waals surface area (Å²) in [5.74, 6) is 0.148. The molecule has 2 nitrogen and oxygen atoms in total. The summed E-state index contributed by atoms with van der Waals surface area (Å²) < 4.78 is 0. The van der Waals surface area contributed by atoms with E-state index in [1.165, 1.54) is 16.5 Å². The average molecular weight is 239 g/mol. The fourth-order valence-electron chi connectivity index (χ4n) is 3.02. The molecule has 1 N–H and O–H groups in total. The molecule has 2 aromatic rings. The fourth-order valence-corrected chi connectivity index (χ4v) is 3.02. The first-order chi connectivity index (χ1) is 8.70. The Labute approximate surface area is 107 Å². The first-order valence-corrected chi connectivity index (χ1v) is 6.42. The van der Waals surface area contributed by atoms with Gasteiger partial charge in [-0.1, -0.05) is 30.3 Å². The molecule has 2 aromatic carbocycles. The molecule has 1 atom stereocenters. The average Bonchev–Trinajstić information content (AvgIpc) is 2.38. The lowest BCUT2D eigenvalue weighted by Crippen LogP contribution is -2.32. The lowest BCUT2D eigenvalue weighted by molar-refractivity contribution is 0.101. The van der Waals surface area contributed by atoms with Crippen molar-refractivity contribution in [2.75, 3.05) is 7.05 Å². The van der Waals surface area contributed by atoms with E-state index < -0.39 is 0 Å². The molecule has 18 heavy (non-hydrogen) atoms. The van der Waals surface area contributed by atoms with Gasteiger partial charge in [0.25, 0.3) is 0 Å². The first-order valence-electron chi connectivity index (χ1n) is 6.42. The van der Waals surface area contributed by atoms with Gasteiger partial charge in [-0.15, -0.1) is 0 Å². The van der Waals surface area contributed by atoms with Gasteiger partial charge >= 0.3 is 0 Å². The van der Waals surface area contributed by atoms with E-state index in [-0.39, 0.29) is 5.78 Å². The fraction of sp³-hybridized carbons (Fsp3) is 0.312. The Morgan fingerprint density at radius 3 is 2.56 bits per heavy atom. The van der Waals surface area contributed by atoms with E-state index in [2.05, 4.69) is 29.6 Å². The van der Waals surface area contributed by atoms with Crippen LogP contribution in [0.4, 0.5) is 0 Å². The molecule has 2 heteroatoms. The minimum absolute atomic E-state index is 0.148. The van der Waals surface area contributed by atoms with Gasteiger partial charge in [0, 0.05) is 11.6 Å². The van der Waals surface area contributed by atoms with Gasteiger partial charge in [-0.2, -0.15) is 0 Å². The summed E-state index contributed by atoms with van der Waals surface area (Å²) in [7, 11) is 2.01. The van der Waals surface area contributed by atoms with Gasteiger partial charge < -0.3 is 5.32 Å². The molecule has 1 aliphatic carbocycles. The van der Waals surface area contributed by atoms with Gasteiger partial charge in [0.05, 0.1) is 0 Å². The van der Waals surface area contributed by atoms with Crippen molar-refractivity contribution in [3.63, 3.8) is 0 Å². The summed E-state index contributed by atoms with van der Waals surface area (Å²) in [6.07, 6.45) is 2.09. The summed E-state index contributed by atoms with van der Waals surface area (Å²) >= 11 is 0. The van der Waals surface area contributed by atoms with Crippen LogP contribution in [0.25, 0.3) is 10.8 Å². The first kappa shape index (κ1) is 11.4. The summed E-state index contributed by atoms with van der Waals surface area (Å²) in [5, 5.41) is 5.78. The monoisotopic (exact) mass is 239 g/mol. The van der Waals surface area contributed by atoms with Crippen LogP contribution in [0.1, 0.15) is 28.4 Å². The van der Waals surface area contributed by atoms with E-state index in [1.807, 2.05) is 13.1 Å². The van der Waals surface area contributed by atoms with Crippen molar-refractivity contribution in [3.05, 3.63) is 47.0 Å². The minimum atomic E-state index is 0.148. The highest BCUT2D eigenvalue weighted by Crippen LogP contribution is 2.32. The van der Waals surface area contributed by atoms with Gasteiger partial charge in [0.15, 0.2) is 5.78 Å². The Morgan fingerprint density at radius 2 is 1.89 bits per heavy atom. The Kier molecular flexibility index (Phi) is 2.67. The molecule has 0 heterocycles. The van der Waals surface area contributed by atoms with E-state index in [0.717, 1.165) is 23.8 Å². The molecule has 0 aliphatic heterocycles. The summed E-state index contributed by atoms with van der Waals surface area (Å²) in [5.41, 5.74) is 3.56. The van der Waals surface area contributed by atoms with Gasteiger partial charge in [0.2, 0.25) is 0 Å².